The largest absolute Gasteiger partial charge is 0.466 e. The Balaban J connectivity index is 2.14. The van der Waals surface area contributed by atoms with Crippen LogP contribution < -0.4 is 5.73 Å². The standard InChI is InChI=1S/C12H19N3O3/c1-2-18-11(16)6-4-3-5-8-15-9-7-10(14-15)12(13)17/h7,9H,2-6,8H2,1H3,(H2,13,17). The summed E-state index contributed by atoms with van der Waals surface area (Å²) in [5.41, 5.74) is 5.38. The molecule has 0 fully saturated rings. The van der Waals surface area contributed by atoms with Crippen LogP contribution in [0.5, 0.6) is 0 Å². The van der Waals surface area contributed by atoms with E-state index in [9.17, 15) is 9.59 Å². The highest BCUT2D eigenvalue weighted by Gasteiger charge is 2.04. The van der Waals surface area contributed by atoms with Crippen LogP contribution in [0.1, 0.15) is 43.1 Å². The molecular formula is C12H19N3O3. The zero-order valence-corrected chi connectivity index (χ0v) is 10.6. The summed E-state index contributed by atoms with van der Waals surface area (Å²) in [4.78, 5) is 21.9. The summed E-state index contributed by atoms with van der Waals surface area (Å²) < 4.78 is 6.51. The van der Waals surface area contributed by atoms with Gasteiger partial charge in [0, 0.05) is 19.2 Å². The molecule has 0 spiro atoms. The molecule has 6 nitrogen and oxygen atoms in total. The molecule has 1 heterocycles. The first kappa shape index (κ1) is 14.2. The zero-order valence-electron chi connectivity index (χ0n) is 10.6. The summed E-state index contributed by atoms with van der Waals surface area (Å²) in [6, 6.07) is 1.60. The molecule has 1 amide bonds. The van der Waals surface area contributed by atoms with Crippen molar-refractivity contribution in [1.82, 2.24) is 9.78 Å². The van der Waals surface area contributed by atoms with Crippen molar-refractivity contribution in [2.75, 3.05) is 6.61 Å². The van der Waals surface area contributed by atoms with Crippen LogP contribution in [-0.4, -0.2) is 28.3 Å². The molecule has 1 aromatic rings. The van der Waals surface area contributed by atoms with E-state index < -0.39 is 5.91 Å². The molecule has 0 aliphatic rings. The fourth-order valence-electron chi connectivity index (χ4n) is 1.57. The average molecular weight is 253 g/mol. The molecule has 0 aliphatic carbocycles. The minimum absolute atomic E-state index is 0.146. The number of rotatable bonds is 8. The van der Waals surface area contributed by atoms with Crippen LogP contribution in [0.4, 0.5) is 0 Å². The van der Waals surface area contributed by atoms with Crippen molar-refractivity contribution in [1.29, 1.82) is 0 Å². The van der Waals surface area contributed by atoms with Crippen LogP contribution in [0.3, 0.4) is 0 Å². The van der Waals surface area contributed by atoms with Crippen molar-refractivity contribution >= 4 is 11.9 Å². The van der Waals surface area contributed by atoms with E-state index in [1.54, 1.807) is 23.9 Å². The van der Waals surface area contributed by atoms with E-state index in [1.165, 1.54) is 0 Å². The molecule has 0 saturated carbocycles. The highest BCUT2D eigenvalue weighted by Crippen LogP contribution is 2.04. The summed E-state index contributed by atoms with van der Waals surface area (Å²) >= 11 is 0. The van der Waals surface area contributed by atoms with Gasteiger partial charge in [-0.05, 0) is 25.8 Å². The molecule has 0 aliphatic heterocycles. The van der Waals surface area contributed by atoms with Gasteiger partial charge in [0.05, 0.1) is 6.61 Å². The van der Waals surface area contributed by atoms with Crippen molar-refractivity contribution in [3.05, 3.63) is 18.0 Å². The fraction of sp³-hybridized carbons (Fsp3) is 0.583. The maximum atomic E-state index is 11.1. The maximum absolute atomic E-state index is 11.1. The first-order valence-electron chi connectivity index (χ1n) is 6.12. The first-order valence-corrected chi connectivity index (χ1v) is 6.12. The number of carbonyl (C=O) groups is 2. The fourth-order valence-corrected chi connectivity index (χ4v) is 1.57. The van der Waals surface area contributed by atoms with Gasteiger partial charge in [0.15, 0.2) is 0 Å². The number of hydrogen-bond acceptors (Lipinski definition) is 4. The summed E-state index contributed by atoms with van der Waals surface area (Å²) in [6.45, 7) is 2.95. The Morgan fingerprint density at radius 3 is 2.78 bits per heavy atom. The molecule has 0 bridgehead atoms. The van der Waals surface area contributed by atoms with Gasteiger partial charge in [-0.3, -0.25) is 14.3 Å². The Kier molecular flexibility index (Phi) is 5.90. The van der Waals surface area contributed by atoms with Gasteiger partial charge in [-0.25, -0.2) is 0 Å². The number of hydrogen-bond donors (Lipinski definition) is 1. The van der Waals surface area contributed by atoms with Gasteiger partial charge in [0.25, 0.3) is 5.91 Å². The predicted octanol–water partition coefficient (Wildman–Crippen LogP) is 1.11. The van der Waals surface area contributed by atoms with Gasteiger partial charge in [0.2, 0.25) is 0 Å². The number of ether oxygens (including phenoxy) is 1. The molecule has 100 valence electrons. The number of nitrogens with two attached hydrogens (primary N) is 1. The number of primary amides is 1. The van der Waals surface area contributed by atoms with Crippen molar-refractivity contribution in [3.63, 3.8) is 0 Å². The number of amides is 1. The molecule has 18 heavy (non-hydrogen) atoms. The average Bonchev–Trinajstić information content (AvgIpc) is 2.78. The van der Waals surface area contributed by atoms with Crippen molar-refractivity contribution in [2.45, 2.75) is 39.2 Å². The monoisotopic (exact) mass is 253 g/mol. The molecule has 6 heteroatoms. The second-order valence-corrected chi connectivity index (χ2v) is 3.94. The second kappa shape index (κ2) is 7.47. The number of nitrogens with zero attached hydrogens (tertiary/aromatic N) is 2. The summed E-state index contributed by atoms with van der Waals surface area (Å²) in [5.74, 6) is -0.663. The van der Waals surface area contributed by atoms with Crippen LogP contribution in [0.2, 0.25) is 0 Å². The van der Waals surface area contributed by atoms with Crippen LogP contribution in [0.25, 0.3) is 0 Å². The molecule has 0 atom stereocenters. The van der Waals surface area contributed by atoms with Gasteiger partial charge < -0.3 is 10.5 Å². The lowest BCUT2D eigenvalue weighted by Crippen LogP contribution is -2.12. The molecule has 1 rings (SSSR count). The summed E-state index contributed by atoms with van der Waals surface area (Å²) in [6.07, 6.45) is 4.82. The van der Waals surface area contributed by atoms with E-state index in [-0.39, 0.29) is 11.7 Å². The number of aryl methyl sites for hydroxylation is 1. The van der Waals surface area contributed by atoms with Crippen LogP contribution in [0, 0.1) is 0 Å². The Morgan fingerprint density at radius 2 is 2.17 bits per heavy atom. The topological polar surface area (TPSA) is 87.2 Å². The van der Waals surface area contributed by atoms with Crippen LogP contribution in [0.15, 0.2) is 12.3 Å². The SMILES string of the molecule is CCOC(=O)CCCCCn1ccc(C(N)=O)n1. The Hall–Kier alpha value is -1.85. The maximum Gasteiger partial charge on any atom is 0.305 e. The van der Waals surface area contributed by atoms with Gasteiger partial charge in [-0.1, -0.05) is 6.42 Å². The van der Waals surface area contributed by atoms with E-state index in [4.69, 9.17) is 10.5 Å². The molecular weight excluding hydrogens is 234 g/mol. The minimum atomic E-state index is -0.518. The van der Waals surface area contributed by atoms with Gasteiger partial charge in [-0.2, -0.15) is 5.10 Å². The number of esters is 1. The lowest BCUT2D eigenvalue weighted by atomic mass is 10.2. The summed E-state index contributed by atoms with van der Waals surface area (Å²) in [5, 5.41) is 4.02. The quantitative estimate of drug-likeness (QED) is 0.555. The number of unbranched alkanes of at least 4 members (excludes halogenated alkanes) is 2. The molecule has 0 radical (unpaired) electrons. The molecule has 0 saturated heterocycles. The third-order valence-corrected chi connectivity index (χ3v) is 2.47. The lowest BCUT2D eigenvalue weighted by molar-refractivity contribution is -0.143. The van der Waals surface area contributed by atoms with Crippen molar-refractivity contribution in [2.24, 2.45) is 5.73 Å². The zero-order chi connectivity index (χ0) is 13.4. The smallest absolute Gasteiger partial charge is 0.305 e. The second-order valence-electron chi connectivity index (χ2n) is 3.94. The third kappa shape index (κ3) is 4.99. The lowest BCUT2D eigenvalue weighted by Gasteiger charge is -2.02. The predicted molar refractivity (Wildman–Crippen MR) is 65.8 cm³/mol. The van der Waals surface area contributed by atoms with Gasteiger partial charge >= 0.3 is 5.97 Å². The Morgan fingerprint density at radius 1 is 1.39 bits per heavy atom. The van der Waals surface area contributed by atoms with Crippen molar-refractivity contribution < 1.29 is 14.3 Å². The molecule has 2 N–H and O–H groups in total. The van der Waals surface area contributed by atoms with E-state index in [1.807, 2.05) is 0 Å². The van der Waals surface area contributed by atoms with E-state index in [0.717, 1.165) is 25.8 Å². The van der Waals surface area contributed by atoms with Gasteiger partial charge in [-0.15, -0.1) is 0 Å². The Labute approximate surface area is 106 Å². The third-order valence-electron chi connectivity index (χ3n) is 2.47. The normalized spacial score (nSPS) is 10.3. The number of aromatic nitrogens is 2. The number of carbonyl (C=O) groups excluding carboxylic acids is 2. The van der Waals surface area contributed by atoms with E-state index in [0.29, 0.717) is 13.0 Å². The highest BCUT2D eigenvalue weighted by molar-refractivity contribution is 5.90. The van der Waals surface area contributed by atoms with E-state index >= 15 is 0 Å². The molecule has 1 aromatic heterocycles. The van der Waals surface area contributed by atoms with Gasteiger partial charge in [0.1, 0.15) is 5.69 Å². The summed E-state index contributed by atoms with van der Waals surface area (Å²) in [7, 11) is 0. The van der Waals surface area contributed by atoms with E-state index in [2.05, 4.69) is 5.10 Å². The van der Waals surface area contributed by atoms with Crippen molar-refractivity contribution in [3.8, 4) is 0 Å². The molecule has 0 unspecified atom stereocenters. The highest BCUT2D eigenvalue weighted by atomic mass is 16.5. The molecule has 0 aromatic carbocycles. The minimum Gasteiger partial charge on any atom is -0.466 e. The van der Waals surface area contributed by atoms with Crippen LogP contribution in [-0.2, 0) is 16.1 Å². The Bertz CT molecular complexity index is 401. The van der Waals surface area contributed by atoms with Crippen LogP contribution >= 0.6 is 0 Å². The first-order chi connectivity index (χ1) is 8.63.